The Kier molecular flexibility index (Phi) is 8.61. The van der Waals surface area contributed by atoms with Crippen LogP contribution in [0.3, 0.4) is 0 Å². The highest BCUT2D eigenvalue weighted by Crippen LogP contribution is 2.08. The summed E-state index contributed by atoms with van der Waals surface area (Å²) in [5.74, 6) is -0.441. The van der Waals surface area contributed by atoms with Gasteiger partial charge in [-0.25, -0.2) is 0 Å². The molecule has 1 aliphatic rings. The summed E-state index contributed by atoms with van der Waals surface area (Å²) in [6.07, 6.45) is 0.0507. The number of esters is 1. The Balaban J connectivity index is 0.00000264. The van der Waals surface area contributed by atoms with Crippen molar-refractivity contribution in [3.8, 4) is 0 Å². The topological polar surface area (TPSA) is 67.9 Å². The Labute approximate surface area is 142 Å². The number of benzene rings is 1. The molecular formula is C16H23ClN2O4. The summed E-state index contributed by atoms with van der Waals surface area (Å²) < 4.78 is 10.2. The van der Waals surface area contributed by atoms with Crippen LogP contribution in [0.25, 0.3) is 0 Å². The molecule has 1 aromatic rings. The fraction of sp³-hybridized carbons (Fsp3) is 0.500. The number of nitrogens with one attached hydrogen (secondary N) is 1. The van der Waals surface area contributed by atoms with E-state index in [4.69, 9.17) is 9.47 Å². The molecule has 1 unspecified atom stereocenters. The van der Waals surface area contributed by atoms with Crippen LogP contribution in [-0.2, 0) is 25.7 Å². The van der Waals surface area contributed by atoms with Crippen LogP contribution in [-0.4, -0.2) is 56.2 Å². The molecule has 0 aromatic heterocycles. The first-order valence-electron chi connectivity index (χ1n) is 7.41. The van der Waals surface area contributed by atoms with Gasteiger partial charge in [-0.05, 0) is 5.56 Å². The van der Waals surface area contributed by atoms with E-state index in [9.17, 15) is 9.59 Å². The molecule has 0 saturated carbocycles. The van der Waals surface area contributed by atoms with Crippen LogP contribution in [0.1, 0.15) is 12.0 Å². The summed E-state index contributed by atoms with van der Waals surface area (Å²) in [7, 11) is 1.60. The lowest BCUT2D eigenvalue weighted by atomic mass is 10.1. The predicted molar refractivity (Wildman–Crippen MR) is 88.3 cm³/mol. The average molecular weight is 343 g/mol. The molecule has 1 heterocycles. The third-order valence-corrected chi connectivity index (χ3v) is 3.56. The number of rotatable bonds is 7. The molecule has 128 valence electrons. The van der Waals surface area contributed by atoms with Crippen molar-refractivity contribution in [3.05, 3.63) is 35.9 Å². The molecule has 23 heavy (non-hydrogen) atoms. The van der Waals surface area contributed by atoms with E-state index >= 15 is 0 Å². The SMILES string of the molecule is COCCN1CCNC(CC(=O)OCc2ccccc2)C1=O.Cl. The molecule has 1 aromatic carbocycles. The van der Waals surface area contributed by atoms with Crippen LogP contribution < -0.4 is 5.32 Å². The summed E-state index contributed by atoms with van der Waals surface area (Å²) in [4.78, 5) is 25.9. The maximum Gasteiger partial charge on any atom is 0.308 e. The largest absolute Gasteiger partial charge is 0.461 e. The van der Waals surface area contributed by atoms with Crippen LogP contribution in [0.4, 0.5) is 0 Å². The van der Waals surface area contributed by atoms with Crippen molar-refractivity contribution < 1.29 is 19.1 Å². The lowest BCUT2D eigenvalue weighted by Crippen LogP contribution is -2.56. The highest BCUT2D eigenvalue weighted by Gasteiger charge is 2.30. The van der Waals surface area contributed by atoms with Gasteiger partial charge in [0.15, 0.2) is 0 Å². The van der Waals surface area contributed by atoms with Gasteiger partial charge < -0.3 is 19.7 Å². The number of hydrogen-bond acceptors (Lipinski definition) is 5. The average Bonchev–Trinajstić information content (AvgIpc) is 2.55. The summed E-state index contributed by atoms with van der Waals surface area (Å²) in [5.41, 5.74) is 0.931. The zero-order valence-electron chi connectivity index (χ0n) is 13.2. The fourth-order valence-electron chi connectivity index (χ4n) is 2.34. The normalized spacial score (nSPS) is 17.5. The van der Waals surface area contributed by atoms with E-state index in [1.807, 2.05) is 30.3 Å². The number of amides is 1. The Bertz CT molecular complexity index is 498. The van der Waals surface area contributed by atoms with Gasteiger partial charge in [0.05, 0.1) is 19.1 Å². The van der Waals surface area contributed by atoms with Crippen molar-refractivity contribution in [1.82, 2.24) is 10.2 Å². The molecule has 1 atom stereocenters. The molecule has 1 saturated heterocycles. The van der Waals surface area contributed by atoms with Crippen molar-refractivity contribution in [3.63, 3.8) is 0 Å². The second-order valence-corrected chi connectivity index (χ2v) is 5.18. The van der Waals surface area contributed by atoms with Crippen LogP contribution in [0.15, 0.2) is 30.3 Å². The lowest BCUT2D eigenvalue weighted by molar-refractivity contribution is -0.149. The standard InChI is InChI=1S/C16H22N2O4.ClH/c1-21-10-9-18-8-7-17-14(16(18)20)11-15(19)22-12-13-5-3-2-4-6-13;/h2-6,14,17H,7-12H2,1H3;1H. The van der Waals surface area contributed by atoms with Gasteiger partial charge in [-0.3, -0.25) is 9.59 Å². The number of carbonyl (C=O) groups excluding carboxylic acids is 2. The minimum absolute atomic E-state index is 0. The first-order chi connectivity index (χ1) is 10.7. The number of piperazine rings is 1. The molecule has 0 radical (unpaired) electrons. The third kappa shape index (κ3) is 6.17. The van der Waals surface area contributed by atoms with Crippen LogP contribution in [0.2, 0.25) is 0 Å². The van der Waals surface area contributed by atoms with Gasteiger partial charge in [-0.2, -0.15) is 0 Å². The number of ether oxygens (including phenoxy) is 2. The lowest BCUT2D eigenvalue weighted by Gasteiger charge is -2.32. The summed E-state index contributed by atoms with van der Waals surface area (Å²) >= 11 is 0. The van der Waals surface area contributed by atoms with Crippen molar-refractivity contribution in [1.29, 1.82) is 0 Å². The van der Waals surface area contributed by atoms with E-state index in [0.29, 0.717) is 26.2 Å². The summed E-state index contributed by atoms with van der Waals surface area (Å²) in [6.45, 7) is 2.58. The highest BCUT2D eigenvalue weighted by molar-refractivity contribution is 5.87. The number of carbonyl (C=O) groups is 2. The van der Waals surface area contributed by atoms with Gasteiger partial charge in [0, 0.05) is 26.7 Å². The maximum absolute atomic E-state index is 12.2. The highest BCUT2D eigenvalue weighted by atomic mass is 35.5. The second kappa shape index (κ2) is 10.2. The molecule has 0 aliphatic carbocycles. The Hall–Kier alpha value is -1.63. The minimum atomic E-state index is -0.506. The number of hydrogen-bond donors (Lipinski definition) is 1. The van der Waals surface area contributed by atoms with Crippen molar-refractivity contribution in [2.24, 2.45) is 0 Å². The van der Waals surface area contributed by atoms with E-state index < -0.39 is 6.04 Å². The first-order valence-corrected chi connectivity index (χ1v) is 7.41. The molecule has 1 N–H and O–H groups in total. The van der Waals surface area contributed by atoms with Crippen molar-refractivity contribution in [2.75, 3.05) is 33.4 Å². The Morgan fingerprint density at radius 1 is 1.35 bits per heavy atom. The molecule has 1 fully saturated rings. The smallest absolute Gasteiger partial charge is 0.308 e. The van der Waals surface area contributed by atoms with E-state index in [2.05, 4.69) is 5.32 Å². The minimum Gasteiger partial charge on any atom is -0.461 e. The Morgan fingerprint density at radius 2 is 2.09 bits per heavy atom. The van der Waals surface area contributed by atoms with E-state index in [-0.39, 0.29) is 37.3 Å². The zero-order chi connectivity index (χ0) is 15.8. The van der Waals surface area contributed by atoms with Gasteiger partial charge in [-0.15, -0.1) is 12.4 Å². The molecular weight excluding hydrogens is 320 g/mol. The van der Waals surface area contributed by atoms with Crippen LogP contribution in [0.5, 0.6) is 0 Å². The first kappa shape index (κ1) is 19.4. The molecule has 6 nitrogen and oxygen atoms in total. The van der Waals surface area contributed by atoms with E-state index in [0.717, 1.165) is 5.56 Å². The molecule has 0 bridgehead atoms. The molecule has 7 heteroatoms. The fourth-order valence-corrected chi connectivity index (χ4v) is 2.34. The van der Waals surface area contributed by atoms with E-state index in [1.165, 1.54) is 0 Å². The van der Waals surface area contributed by atoms with Crippen LogP contribution in [0, 0.1) is 0 Å². The maximum atomic E-state index is 12.2. The summed E-state index contributed by atoms with van der Waals surface area (Å²) in [6, 6.07) is 8.97. The summed E-state index contributed by atoms with van der Waals surface area (Å²) in [5, 5.41) is 3.07. The third-order valence-electron chi connectivity index (χ3n) is 3.56. The molecule has 2 rings (SSSR count). The number of nitrogens with zero attached hydrogens (tertiary/aromatic N) is 1. The van der Waals surface area contributed by atoms with Gasteiger partial charge in [0.2, 0.25) is 5.91 Å². The van der Waals surface area contributed by atoms with Crippen molar-refractivity contribution >= 4 is 24.3 Å². The number of methoxy groups -OCH3 is 1. The molecule has 1 amide bonds. The monoisotopic (exact) mass is 342 g/mol. The molecule has 1 aliphatic heterocycles. The predicted octanol–water partition coefficient (Wildman–Crippen LogP) is 0.989. The second-order valence-electron chi connectivity index (χ2n) is 5.18. The van der Waals surface area contributed by atoms with Gasteiger partial charge in [0.1, 0.15) is 6.61 Å². The zero-order valence-corrected chi connectivity index (χ0v) is 14.0. The van der Waals surface area contributed by atoms with E-state index in [1.54, 1.807) is 12.0 Å². The quantitative estimate of drug-likeness (QED) is 0.748. The van der Waals surface area contributed by atoms with Crippen molar-refractivity contribution in [2.45, 2.75) is 19.1 Å². The van der Waals surface area contributed by atoms with Gasteiger partial charge in [-0.1, -0.05) is 30.3 Å². The van der Waals surface area contributed by atoms with Gasteiger partial charge >= 0.3 is 5.97 Å². The van der Waals surface area contributed by atoms with Gasteiger partial charge in [0.25, 0.3) is 0 Å². The number of halogens is 1. The Morgan fingerprint density at radius 3 is 2.78 bits per heavy atom. The van der Waals surface area contributed by atoms with Crippen LogP contribution >= 0.6 is 12.4 Å². The molecule has 0 spiro atoms.